The van der Waals surface area contributed by atoms with E-state index in [1.165, 1.54) is 38.0 Å². The first-order valence-electron chi connectivity index (χ1n) is 9.86. The van der Waals surface area contributed by atoms with Crippen LogP contribution < -0.4 is 14.8 Å². The highest BCUT2D eigenvalue weighted by atomic mass is 16.5. The van der Waals surface area contributed by atoms with Crippen molar-refractivity contribution in [1.29, 1.82) is 0 Å². The van der Waals surface area contributed by atoms with Gasteiger partial charge in [0.05, 0.1) is 7.11 Å². The highest BCUT2D eigenvalue weighted by Crippen LogP contribution is 2.28. The molecule has 1 fully saturated rings. The number of hydrogen-bond acceptors (Lipinski definition) is 5. The Morgan fingerprint density at radius 1 is 1.07 bits per heavy atom. The molecule has 0 amide bonds. The molecule has 0 aliphatic carbocycles. The van der Waals surface area contributed by atoms with E-state index < -0.39 is 0 Å². The van der Waals surface area contributed by atoms with Gasteiger partial charge in [0.25, 0.3) is 0 Å². The van der Waals surface area contributed by atoms with Crippen LogP contribution in [-0.2, 0) is 13.2 Å². The Bertz CT molecular complexity index is 687. The number of nitrogens with one attached hydrogen (secondary N) is 1. The molecule has 27 heavy (non-hydrogen) atoms. The van der Waals surface area contributed by atoms with E-state index in [4.69, 9.17) is 9.47 Å². The summed E-state index contributed by atoms with van der Waals surface area (Å²) in [5.41, 5.74) is 2.29. The van der Waals surface area contributed by atoms with Crippen molar-refractivity contribution in [3.05, 3.63) is 53.9 Å². The van der Waals surface area contributed by atoms with Gasteiger partial charge in [-0.05, 0) is 73.8 Å². The minimum atomic E-state index is 0.504. The summed E-state index contributed by atoms with van der Waals surface area (Å²) in [5, 5.41) is 3.57. The number of hydrogen-bond donors (Lipinski definition) is 1. The fourth-order valence-electron chi connectivity index (χ4n) is 3.51. The van der Waals surface area contributed by atoms with Gasteiger partial charge in [-0.25, -0.2) is 0 Å². The smallest absolute Gasteiger partial charge is 0.161 e. The number of ether oxygens (including phenoxy) is 2. The van der Waals surface area contributed by atoms with E-state index in [0.29, 0.717) is 12.5 Å². The van der Waals surface area contributed by atoms with Crippen molar-refractivity contribution in [3.8, 4) is 11.5 Å². The van der Waals surface area contributed by atoms with Gasteiger partial charge in [-0.2, -0.15) is 0 Å². The Labute approximate surface area is 162 Å². The van der Waals surface area contributed by atoms with Crippen LogP contribution >= 0.6 is 0 Å². The molecular formula is C22H31N3O2. The first-order valence-corrected chi connectivity index (χ1v) is 9.86. The van der Waals surface area contributed by atoms with Gasteiger partial charge in [-0.3, -0.25) is 4.98 Å². The Balaban J connectivity index is 1.46. The summed E-state index contributed by atoms with van der Waals surface area (Å²) in [6.07, 6.45) is 6.26. The van der Waals surface area contributed by atoms with Crippen LogP contribution in [0.3, 0.4) is 0 Å². The molecule has 0 spiro atoms. The number of methoxy groups -OCH3 is 1. The van der Waals surface area contributed by atoms with Crippen LogP contribution in [0, 0.1) is 5.92 Å². The molecule has 0 saturated carbocycles. The molecule has 5 nitrogen and oxygen atoms in total. The third-order valence-corrected chi connectivity index (χ3v) is 4.96. The maximum Gasteiger partial charge on any atom is 0.161 e. The lowest BCUT2D eigenvalue weighted by Gasteiger charge is -2.20. The second-order valence-corrected chi connectivity index (χ2v) is 7.37. The van der Waals surface area contributed by atoms with Crippen molar-refractivity contribution in [2.45, 2.75) is 32.9 Å². The van der Waals surface area contributed by atoms with E-state index >= 15 is 0 Å². The summed E-state index contributed by atoms with van der Waals surface area (Å²) in [6.45, 7) is 8.42. The van der Waals surface area contributed by atoms with E-state index in [0.717, 1.165) is 30.2 Å². The van der Waals surface area contributed by atoms with Crippen molar-refractivity contribution in [2.75, 3.05) is 33.3 Å². The summed E-state index contributed by atoms with van der Waals surface area (Å²) in [5.74, 6) is 2.20. The fraction of sp³-hybridized carbons (Fsp3) is 0.500. The highest BCUT2D eigenvalue weighted by Gasteiger charge is 2.14. The predicted molar refractivity (Wildman–Crippen MR) is 108 cm³/mol. The van der Waals surface area contributed by atoms with Crippen molar-refractivity contribution in [2.24, 2.45) is 5.92 Å². The zero-order valence-corrected chi connectivity index (χ0v) is 16.5. The van der Waals surface area contributed by atoms with Gasteiger partial charge < -0.3 is 19.7 Å². The third kappa shape index (κ3) is 6.22. The minimum Gasteiger partial charge on any atom is -0.493 e. The molecular weight excluding hydrogens is 338 g/mol. The molecule has 1 N–H and O–H groups in total. The zero-order valence-electron chi connectivity index (χ0n) is 16.5. The third-order valence-electron chi connectivity index (χ3n) is 4.96. The van der Waals surface area contributed by atoms with Gasteiger partial charge in [0.2, 0.25) is 0 Å². The van der Waals surface area contributed by atoms with Crippen LogP contribution in [0.15, 0.2) is 42.7 Å². The molecule has 146 valence electrons. The van der Waals surface area contributed by atoms with Crippen LogP contribution in [0.1, 0.15) is 30.9 Å². The number of aromatic nitrogens is 1. The van der Waals surface area contributed by atoms with Crippen molar-refractivity contribution >= 4 is 0 Å². The Kier molecular flexibility index (Phi) is 7.48. The van der Waals surface area contributed by atoms with Gasteiger partial charge in [-0.1, -0.05) is 13.0 Å². The molecule has 1 aliphatic heterocycles. The van der Waals surface area contributed by atoms with E-state index in [9.17, 15) is 0 Å². The SMILES string of the molecule is COc1cc(CNCC(C)CN2CCCC2)ccc1OCc1ccncc1. The average Bonchev–Trinajstić information content (AvgIpc) is 3.20. The molecule has 2 heterocycles. The molecule has 1 atom stereocenters. The second-order valence-electron chi connectivity index (χ2n) is 7.37. The minimum absolute atomic E-state index is 0.504. The molecule has 1 aliphatic rings. The molecule has 5 heteroatoms. The number of likely N-dealkylation sites (tertiary alicyclic amines) is 1. The summed E-state index contributed by atoms with van der Waals surface area (Å²) in [4.78, 5) is 6.60. The van der Waals surface area contributed by atoms with E-state index in [1.54, 1.807) is 19.5 Å². The standard InChI is InChI=1S/C22H31N3O2/c1-18(16-25-11-3-4-12-25)14-24-15-20-5-6-21(22(13-20)26-2)27-17-19-7-9-23-10-8-19/h5-10,13,18,24H,3-4,11-12,14-17H2,1-2H3. The first kappa shape index (κ1) is 19.6. The van der Waals surface area contributed by atoms with Gasteiger partial charge in [0.15, 0.2) is 11.5 Å². The summed E-state index contributed by atoms with van der Waals surface area (Å²) in [6, 6.07) is 10.1. The van der Waals surface area contributed by atoms with E-state index in [1.807, 2.05) is 18.2 Å². The summed E-state index contributed by atoms with van der Waals surface area (Å²) in [7, 11) is 1.68. The van der Waals surface area contributed by atoms with Crippen molar-refractivity contribution in [3.63, 3.8) is 0 Å². The maximum atomic E-state index is 5.91. The van der Waals surface area contributed by atoms with Gasteiger partial charge in [0.1, 0.15) is 6.61 Å². The maximum absolute atomic E-state index is 5.91. The Morgan fingerprint density at radius 3 is 2.59 bits per heavy atom. The quantitative estimate of drug-likeness (QED) is 0.695. The topological polar surface area (TPSA) is 46.6 Å². The normalized spacial score (nSPS) is 15.6. The molecule has 1 unspecified atom stereocenters. The largest absolute Gasteiger partial charge is 0.493 e. The van der Waals surface area contributed by atoms with Crippen LogP contribution in [0.2, 0.25) is 0 Å². The van der Waals surface area contributed by atoms with Crippen LogP contribution in [0.5, 0.6) is 11.5 Å². The predicted octanol–water partition coefficient (Wildman–Crippen LogP) is 3.49. The Morgan fingerprint density at radius 2 is 1.85 bits per heavy atom. The molecule has 0 radical (unpaired) electrons. The summed E-state index contributed by atoms with van der Waals surface area (Å²) < 4.78 is 11.4. The average molecular weight is 370 g/mol. The summed E-state index contributed by atoms with van der Waals surface area (Å²) >= 11 is 0. The van der Waals surface area contributed by atoms with Gasteiger partial charge in [0, 0.05) is 25.5 Å². The zero-order chi connectivity index (χ0) is 18.9. The lowest BCUT2D eigenvalue weighted by atomic mass is 10.1. The number of nitrogens with zero attached hydrogens (tertiary/aromatic N) is 2. The number of benzene rings is 1. The van der Waals surface area contributed by atoms with Crippen molar-refractivity contribution in [1.82, 2.24) is 15.2 Å². The lowest BCUT2D eigenvalue weighted by molar-refractivity contribution is 0.281. The highest BCUT2D eigenvalue weighted by molar-refractivity contribution is 5.43. The fourth-order valence-corrected chi connectivity index (χ4v) is 3.51. The van der Waals surface area contributed by atoms with E-state index in [2.05, 4.69) is 34.3 Å². The molecule has 3 rings (SSSR count). The first-order chi connectivity index (χ1) is 13.2. The molecule has 1 aromatic carbocycles. The second kappa shape index (κ2) is 10.3. The lowest BCUT2D eigenvalue weighted by Crippen LogP contribution is -2.31. The number of rotatable bonds is 10. The van der Waals surface area contributed by atoms with Crippen LogP contribution in [0.25, 0.3) is 0 Å². The monoisotopic (exact) mass is 369 g/mol. The van der Waals surface area contributed by atoms with Gasteiger partial charge in [-0.15, -0.1) is 0 Å². The Hall–Kier alpha value is -2.11. The molecule has 2 aromatic rings. The van der Waals surface area contributed by atoms with Crippen molar-refractivity contribution < 1.29 is 9.47 Å². The van der Waals surface area contributed by atoms with E-state index in [-0.39, 0.29) is 0 Å². The van der Waals surface area contributed by atoms with Crippen LogP contribution in [0.4, 0.5) is 0 Å². The van der Waals surface area contributed by atoms with Gasteiger partial charge >= 0.3 is 0 Å². The molecule has 0 bridgehead atoms. The number of pyridine rings is 1. The molecule has 1 saturated heterocycles. The van der Waals surface area contributed by atoms with Crippen LogP contribution in [-0.4, -0.2) is 43.2 Å². The molecule has 1 aromatic heterocycles.